The Labute approximate surface area is 215 Å². The number of nitrogens with zero attached hydrogens (tertiary/aromatic N) is 1. The first-order valence-electron chi connectivity index (χ1n) is 14.3. The van der Waals surface area contributed by atoms with Crippen LogP contribution in [-0.4, -0.2) is 30.6 Å². The second-order valence-electron chi connectivity index (χ2n) is 11.6. The third-order valence-corrected chi connectivity index (χ3v) is 8.93. The molecule has 192 valence electrons. The lowest BCUT2D eigenvalue weighted by Crippen LogP contribution is -2.41. The Kier molecular flexibility index (Phi) is 9.68. The Morgan fingerprint density at radius 2 is 1.80 bits per heavy atom. The number of hydrogen-bond acceptors (Lipinski definition) is 3. The van der Waals surface area contributed by atoms with Gasteiger partial charge in [0.1, 0.15) is 0 Å². The second-order valence-corrected chi connectivity index (χ2v) is 11.6. The lowest BCUT2D eigenvalue weighted by Gasteiger charge is -2.35. The molecule has 2 N–H and O–H groups in total. The molecule has 3 aliphatic rings. The maximum atomic E-state index is 4.27. The molecule has 3 nitrogen and oxygen atoms in total. The third-order valence-electron chi connectivity index (χ3n) is 8.93. The molecule has 3 heteroatoms. The largest absolute Gasteiger partial charge is 0.362 e. The lowest BCUT2D eigenvalue weighted by molar-refractivity contribution is 0.235. The molecule has 1 aromatic rings. The van der Waals surface area contributed by atoms with Crippen LogP contribution in [-0.2, 0) is 13.0 Å². The van der Waals surface area contributed by atoms with E-state index in [2.05, 4.69) is 60.5 Å². The van der Waals surface area contributed by atoms with Crippen molar-refractivity contribution in [1.29, 1.82) is 0 Å². The molecule has 4 rings (SSSR count). The Morgan fingerprint density at radius 1 is 1.03 bits per heavy atom. The zero-order valence-corrected chi connectivity index (χ0v) is 22.3. The number of benzene rings is 1. The van der Waals surface area contributed by atoms with Crippen molar-refractivity contribution < 1.29 is 0 Å². The van der Waals surface area contributed by atoms with Gasteiger partial charge < -0.3 is 10.6 Å². The number of allylic oxidation sites excluding steroid dienone is 1. The van der Waals surface area contributed by atoms with Gasteiger partial charge in [0.05, 0.1) is 0 Å². The number of likely N-dealkylation sites (N-methyl/N-ethyl adjacent to an activating group) is 1. The van der Waals surface area contributed by atoms with E-state index < -0.39 is 0 Å². The molecule has 2 saturated carbocycles. The van der Waals surface area contributed by atoms with Gasteiger partial charge in [-0.1, -0.05) is 89.0 Å². The molecule has 3 atom stereocenters. The van der Waals surface area contributed by atoms with Crippen LogP contribution in [0.5, 0.6) is 0 Å². The molecule has 0 aromatic heterocycles. The molecule has 2 aliphatic carbocycles. The van der Waals surface area contributed by atoms with E-state index in [0.717, 1.165) is 42.6 Å². The molecule has 0 bridgehead atoms. The van der Waals surface area contributed by atoms with Crippen molar-refractivity contribution in [1.82, 2.24) is 15.5 Å². The fourth-order valence-electron chi connectivity index (χ4n) is 6.82. The monoisotopic (exact) mass is 475 g/mol. The van der Waals surface area contributed by atoms with Crippen LogP contribution in [0.2, 0.25) is 0 Å². The number of rotatable bonds is 10. The molecule has 35 heavy (non-hydrogen) atoms. The van der Waals surface area contributed by atoms with E-state index in [1.54, 1.807) is 0 Å². The lowest BCUT2D eigenvalue weighted by atomic mass is 9.80. The van der Waals surface area contributed by atoms with Crippen LogP contribution in [0.25, 0.3) is 6.08 Å². The van der Waals surface area contributed by atoms with E-state index in [-0.39, 0.29) is 0 Å². The van der Waals surface area contributed by atoms with Gasteiger partial charge in [0.25, 0.3) is 0 Å². The molecule has 1 saturated heterocycles. The first-order chi connectivity index (χ1) is 17.0. The summed E-state index contributed by atoms with van der Waals surface area (Å²) in [6.07, 6.45) is 19.4. The highest BCUT2D eigenvalue weighted by molar-refractivity contribution is 5.53. The standard InChI is InChI=1S/C32H49N3/c1-5-28-17-16-27(22-30(28)23-35(4)32-18-15-24(2)34-25(32)3)21-29-13-9-10-14-31(29)33-20-19-26-11-7-6-8-12-26/h5,16-17,22,26,29,31-34H,1-3,6-15,18-21,23H2,4H3. The Hall–Kier alpha value is -1.84. The predicted octanol–water partition coefficient (Wildman–Crippen LogP) is 7.20. The molecule has 1 aromatic carbocycles. The van der Waals surface area contributed by atoms with Gasteiger partial charge in [-0.3, -0.25) is 4.90 Å². The Morgan fingerprint density at radius 3 is 2.57 bits per heavy atom. The zero-order chi connectivity index (χ0) is 24.6. The highest BCUT2D eigenvalue weighted by atomic mass is 15.2. The normalized spacial score (nSPS) is 26.1. The van der Waals surface area contributed by atoms with Gasteiger partial charge in [-0.25, -0.2) is 0 Å². The first-order valence-corrected chi connectivity index (χ1v) is 14.3. The summed E-state index contributed by atoms with van der Waals surface area (Å²) in [6, 6.07) is 8.12. The maximum absolute atomic E-state index is 4.27. The van der Waals surface area contributed by atoms with Crippen LogP contribution in [0.15, 0.2) is 49.3 Å². The van der Waals surface area contributed by atoms with Crippen molar-refractivity contribution in [2.24, 2.45) is 11.8 Å². The van der Waals surface area contributed by atoms with Crippen molar-refractivity contribution in [2.75, 3.05) is 13.6 Å². The van der Waals surface area contributed by atoms with Crippen LogP contribution >= 0.6 is 0 Å². The number of hydrogen-bond donors (Lipinski definition) is 2. The smallest absolute Gasteiger partial charge is 0.0496 e. The molecule has 0 amide bonds. The quantitative estimate of drug-likeness (QED) is 0.374. The van der Waals surface area contributed by atoms with Crippen molar-refractivity contribution in [3.05, 3.63) is 66.0 Å². The predicted molar refractivity (Wildman–Crippen MR) is 151 cm³/mol. The van der Waals surface area contributed by atoms with E-state index in [1.165, 1.54) is 93.9 Å². The maximum Gasteiger partial charge on any atom is 0.0496 e. The highest BCUT2D eigenvalue weighted by Gasteiger charge is 2.26. The van der Waals surface area contributed by atoms with E-state index >= 15 is 0 Å². The van der Waals surface area contributed by atoms with Crippen LogP contribution in [0, 0.1) is 11.8 Å². The molecule has 0 spiro atoms. The number of piperidine rings is 1. The van der Waals surface area contributed by atoms with E-state index in [9.17, 15) is 0 Å². The fourth-order valence-corrected chi connectivity index (χ4v) is 6.82. The topological polar surface area (TPSA) is 27.3 Å². The van der Waals surface area contributed by atoms with Gasteiger partial charge in [0, 0.05) is 30.0 Å². The van der Waals surface area contributed by atoms with Crippen molar-refractivity contribution in [3.8, 4) is 0 Å². The molecule has 1 heterocycles. The first kappa shape index (κ1) is 26.2. The summed E-state index contributed by atoms with van der Waals surface area (Å²) in [5.41, 5.74) is 6.28. The minimum atomic E-state index is 0.345. The summed E-state index contributed by atoms with van der Waals surface area (Å²) in [5, 5.41) is 7.39. The van der Waals surface area contributed by atoms with E-state index in [4.69, 9.17) is 0 Å². The highest BCUT2D eigenvalue weighted by Crippen LogP contribution is 2.30. The average Bonchev–Trinajstić information content (AvgIpc) is 2.86. The Bertz CT molecular complexity index is 866. The summed E-state index contributed by atoms with van der Waals surface area (Å²) >= 11 is 0. The molecular weight excluding hydrogens is 426 g/mol. The van der Waals surface area contributed by atoms with Crippen LogP contribution < -0.4 is 10.6 Å². The summed E-state index contributed by atoms with van der Waals surface area (Å²) in [5.74, 6) is 1.72. The molecule has 3 fully saturated rings. The van der Waals surface area contributed by atoms with Crippen LogP contribution in [0.3, 0.4) is 0 Å². The van der Waals surface area contributed by atoms with Gasteiger partial charge >= 0.3 is 0 Å². The van der Waals surface area contributed by atoms with Gasteiger partial charge in [-0.15, -0.1) is 0 Å². The third kappa shape index (κ3) is 7.33. The molecule has 0 radical (unpaired) electrons. The minimum absolute atomic E-state index is 0.345. The summed E-state index contributed by atoms with van der Waals surface area (Å²) in [6.45, 7) is 14.6. The summed E-state index contributed by atoms with van der Waals surface area (Å²) in [7, 11) is 2.22. The molecular formula is C32H49N3. The molecule has 1 aliphatic heterocycles. The minimum Gasteiger partial charge on any atom is -0.362 e. The average molecular weight is 476 g/mol. The molecule has 3 unspecified atom stereocenters. The van der Waals surface area contributed by atoms with Gasteiger partial charge in [-0.05, 0) is 80.6 Å². The van der Waals surface area contributed by atoms with Crippen LogP contribution in [0.4, 0.5) is 0 Å². The van der Waals surface area contributed by atoms with E-state index in [1.807, 2.05) is 6.08 Å². The van der Waals surface area contributed by atoms with Crippen molar-refractivity contribution >= 4 is 6.08 Å². The van der Waals surface area contributed by atoms with Crippen molar-refractivity contribution in [2.45, 2.75) is 102 Å². The van der Waals surface area contributed by atoms with Gasteiger partial charge in [0.2, 0.25) is 0 Å². The zero-order valence-electron chi connectivity index (χ0n) is 22.3. The summed E-state index contributed by atoms with van der Waals surface area (Å²) < 4.78 is 0. The van der Waals surface area contributed by atoms with Gasteiger partial charge in [-0.2, -0.15) is 0 Å². The Balaban J connectivity index is 1.36. The van der Waals surface area contributed by atoms with Crippen LogP contribution in [0.1, 0.15) is 93.7 Å². The van der Waals surface area contributed by atoms with Crippen molar-refractivity contribution in [3.63, 3.8) is 0 Å². The SMILES string of the molecule is C=Cc1ccc(CC2CCCCC2NCCC2CCCCC2)cc1CN(C)C1CCC(=C)NC1=C. The number of nitrogens with one attached hydrogen (secondary N) is 2. The van der Waals surface area contributed by atoms with Gasteiger partial charge in [0.15, 0.2) is 0 Å². The van der Waals surface area contributed by atoms with E-state index in [0.29, 0.717) is 12.1 Å². The second kappa shape index (κ2) is 12.9. The summed E-state index contributed by atoms with van der Waals surface area (Å²) in [4.78, 5) is 2.43. The fraction of sp³-hybridized carbons (Fsp3) is 0.625.